The largest absolute Gasteiger partial charge is 0.207 e. The van der Waals surface area contributed by atoms with Gasteiger partial charge in [0.05, 0.1) is 9.85 Å². The molecule has 0 spiro atoms. The summed E-state index contributed by atoms with van der Waals surface area (Å²) in [6.07, 6.45) is 5.78. The Morgan fingerprint density at radius 2 is 1.81 bits per heavy atom. The number of benzene rings is 1. The minimum absolute atomic E-state index is 0.120. The van der Waals surface area contributed by atoms with E-state index in [0.29, 0.717) is 0 Å². The summed E-state index contributed by atoms with van der Waals surface area (Å²) in [5, 5.41) is -0.635. The molecule has 0 radical (unpaired) electrons. The molecule has 21 heavy (non-hydrogen) atoms. The summed E-state index contributed by atoms with van der Waals surface area (Å²) in [5.74, 6) is -0.970. The second-order valence-electron chi connectivity index (χ2n) is 5.31. The summed E-state index contributed by atoms with van der Waals surface area (Å²) in [6.45, 7) is 0. The van der Waals surface area contributed by atoms with Gasteiger partial charge in [0.15, 0.2) is 0 Å². The average molecular weight is 392 g/mol. The predicted molar refractivity (Wildman–Crippen MR) is 87.3 cm³/mol. The molecule has 0 bridgehead atoms. The van der Waals surface area contributed by atoms with E-state index in [-0.39, 0.29) is 10.0 Å². The van der Waals surface area contributed by atoms with Crippen LogP contribution in [0.4, 0.5) is 8.78 Å². The minimum Gasteiger partial charge on any atom is -0.207 e. The first-order valence-electron chi connectivity index (χ1n) is 6.96. The predicted octanol–water partition coefficient (Wildman–Crippen LogP) is 6.39. The van der Waals surface area contributed by atoms with Gasteiger partial charge >= 0.3 is 0 Å². The molecule has 1 heterocycles. The number of halogens is 4. The van der Waals surface area contributed by atoms with E-state index in [1.807, 2.05) is 0 Å². The molecule has 1 unspecified atom stereocenters. The number of aryl methyl sites for hydroxylation is 2. The monoisotopic (exact) mass is 390 g/mol. The summed E-state index contributed by atoms with van der Waals surface area (Å²) in [7, 11) is 0. The molecule has 0 aliphatic heterocycles. The molecule has 5 heteroatoms. The van der Waals surface area contributed by atoms with Gasteiger partial charge < -0.3 is 0 Å². The normalized spacial score (nSPS) is 16.4. The fourth-order valence-corrected chi connectivity index (χ4v) is 4.63. The quantitative estimate of drug-likeness (QED) is 0.316. The van der Waals surface area contributed by atoms with Crippen molar-refractivity contribution in [3.63, 3.8) is 0 Å². The third-order valence-corrected chi connectivity index (χ3v) is 6.34. The summed E-state index contributed by atoms with van der Waals surface area (Å²) in [4.78, 5) is 2.26. The van der Waals surface area contributed by atoms with Gasteiger partial charge in [-0.2, -0.15) is 0 Å². The zero-order valence-corrected chi connectivity index (χ0v) is 14.4. The topological polar surface area (TPSA) is 0 Å². The number of thiophene rings is 1. The summed E-state index contributed by atoms with van der Waals surface area (Å²) >= 11 is 11.0. The SMILES string of the molecule is Fc1cc(C(Cl)c2cc3c(s2)CCCCC3)c(F)cc1Br. The smallest absolute Gasteiger partial charge is 0.137 e. The van der Waals surface area contributed by atoms with Crippen LogP contribution in [0.1, 0.15) is 45.5 Å². The van der Waals surface area contributed by atoms with Crippen LogP contribution in [0.15, 0.2) is 22.7 Å². The third-order valence-electron chi connectivity index (χ3n) is 3.83. The molecule has 1 aromatic heterocycles. The van der Waals surface area contributed by atoms with E-state index in [1.54, 1.807) is 11.3 Å². The van der Waals surface area contributed by atoms with Crippen molar-refractivity contribution < 1.29 is 8.78 Å². The Balaban J connectivity index is 1.95. The molecular formula is C16H14BrClF2S. The lowest BCUT2D eigenvalue weighted by molar-refractivity contribution is 0.582. The second kappa shape index (κ2) is 6.35. The maximum atomic E-state index is 14.0. The zero-order chi connectivity index (χ0) is 15.0. The van der Waals surface area contributed by atoms with Crippen molar-refractivity contribution in [2.45, 2.75) is 37.5 Å². The maximum Gasteiger partial charge on any atom is 0.137 e. The molecule has 1 aromatic carbocycles. The number of rotatable bonds is 2. The van der Waals surface area contributed by atoms with Crippen LogP contribution in [0.5, 0.6) is 0 Å². The van der Waals surface area contributed by atoms with Gasteiger partial charge in [-0.3, -0.25) is 0 Å². The van der Waals surface area contributed by atoms with Crippen LogP contribution >= 0.6 is 38.9 Å². The molecule has 112 valence electrons. The van der Waals surface area contributed by atoms with Gasteiger partial charge in [0.2, 0.25) is 0 Å². The van der Waals surface area contributed by atoms with Crippen LogP contribution in [0.2, 0.25) is 0 Å². The molecule has 1 aliphatic carbocycles. The molecule has 0 saturated heterocycles. The number of hydrogen-bond donors (Lipinski definition) is 0. The second-order valence-corrected chi connectivity index (χ2v) is 7.77. The fraction of sp³-hybridized carbons (Fsp3) is 0.375. The molecule has 0 amide bonds. The minimum atomic E-state index is -0.635. The standard InChI is InChI=1S/C16H14BrClF2S/c17-11-8-12(19)10(7-13(11)20)16(18)15-6-9-4-2-1-3-5-14(9)21-15/h6-8,16H,1-5H2. The van der Waals surface area contributed by atoms with Gasteiger partial charge in [-0.25, -0.2) is 8.78 Å². The number of alkyl halides is 1. The fourth-order valence-electron chi connectivity index (χ4n) is 2.70. The van der Waals surface area contributed by atoms with Gasteiger partial charge in [0, 0.05) is 15.3 Å². The Hall–Kier alpha value is -0.450. The highest BCUT2D eigenvalue weighted by atomic mass is 79.9. The van der Waals surface area contributed by atoms with Crippen LogP contribution in [0.25, 0.3) is 0 Å². The first-order valence-corrected chi connectivity index (χ1v) is 9.01. The van der Waals surface area contributed by atoms with Crippen LogP contribution in [-0.2, 0) is 12.8 Å². The first-order chi connectivity index (χ1) is 10.1. The Bertz CT molecular complexity index is 645. The Labute approximate surface area is 140 Å². The molecule has 1 aliphatic rings. The molecule has 0 nitrogen and oxygen atoms in total. The molecule has 0 N–H and O–H groups in total. The first kappa shape index (κ1) is 15.4. The zero-order valence-electron chi connectivity index (χ0n) is 11.3. The van der Waals surface area contributed by atoms with Crippen molar-refractivity contribution in [3.05, 3.63) is 55.2 Å². The van der Waals surface area contributed by atoms with Gasteiger partial charge in [-0.1, -0.05) is 6.42 Å². The molecule has 1 atom stereocenters. The van der Waals surface area contributed by atoms with Crippen molar-refractivity contribution in [1.82, 2.24) is 0 Å². The third kappa shape index (κ3) is 3.17. The lowest BCUT2D eigenvalue weighted by Gasteiger charge is -2.10. The van der Waals surface area contributed by atoms with Crippen LogP contribution in [-0.4, -0.2) is 0 Å². The van der Waals surface area contributed by atoms with E-state index in [1.165, 1.54) is 35.8 Å². The summed E-state index contributed by atoms with van der Waals surface area (Å²) in [6, 6.07) is 4.39. The molecule has 3 rings (SSSR count). The highest BCUT2D eigenvalue weighted by Gasteiger charge is 2.22. The van der Waals surface area contributed by atoms with E-state index < -0.39 is 17.0 Å². The van der Waals surface area contributed by atoms with E-state index in [4.69, 9.17) is 11.6 Å². The van der Waals surface area contributed by atoms with Crippen molar-refractivity contribution in [2.24, 2.45) is 0 Å². The van der Waals surface area contributed by atoms with Gasteiger partial charge in [-0.05, 0) is 65.4 Å². The summed E-state index contributed by atoms with van der Waals surface area (Å²) < 4.78 is 27.8. The highest BCUT2D eigenvalue weighted by molar-refractivity contribution is 9.10. The molecule has 0 saturated carbocycles. The Morgan fingerprint density at radius 3 is 2.62 bits per heavy atom. The van der Waals surface area contributed by atoms with Crippen LogP contribution in [0.3, 0.4) is 0 Å². The average Bonchev–Trinajstić information content (AvgIpc) is 2.73. The summed E-state index contributed by atoms with van der Waals surface area (Å²) in [5.41, 5.74) is 1.53. The molecule has 2 aromatic rings. The van der Waals surface area contributed by atoms with Crippen LogP contribution < -0.4 is 0 Å². The van der Waals surface area contributed by atoms with E-state index in [9.17, 15) is 8.78 Å². The highest BCUT2D eigenvalue weighted by Crippen LogP contribution is 2.39. The molecular weight excluding hydrogens is 378 g/mol. The van der Waals surface area contributed by atoms with Gasteiger partial charge in [0.25, 0.3) is 0 Å². The van der Waals surface area contributed by atoms with Crippen molar-refractivity contribution in [1.29, 1.82) is 0 Å². The molecule has 0 fully saturated rings. The number of fused-ring (bicyclic) bond motifs is 1. The van der Waals surface area contributed by atoms with E-state index >= 15 is 0 Å². The van der Waals surface area contributed by atoms with Crippen LogP contribution in [0, 0.1) is 11.6 Å². The number of hydrogen-bond acceptors (Lipinski definition) is 1. The van der Waals surface area contributed by atoms with Crippen molar-refractivity contribution in [2.75, 3.05) is 0 Å². The lowest BCUT2D eigenvalue weighted by atomic mass is 10.1. The Kier molecular flexibility index (Phi) is 4.67. The lowest BCUT2D eigenvalue weighted by Crippen LogP contribution is -1.97. The van der Waals surface area contributed by atoms with E-state index in [2.05, 4.69) is 22.0 Å². The maximum absolute atomic E-state index is 14.0. The van der Waals surface area contributed by atoms with Gasteiger partial charge in [-0.15, -0.1) is 22.9 Å². The van der Waals surface area contributed by atoms with Crippen molar-refractivity contribution >= 4 is 38.9 Å². The van der Waals surface area contributed by atoms with Crippen molar-refractivity contribution in [3.8, 4) is 0 Å². The van der Waals surface area contributed by atoms with E-state index in [0.717, 1.165) is 23.8 Å². The van der Waals surface area contributed by atoms with Gasteiger partial charge in [0.1, 0.15) is 11.6 Å². The Morgan fingerprint density at radius 1 is 1.05 bits per heavy atom.